The predicted molar refractivity (Wildman–Crippen MR) is 119 cm³/mol. The number of nitrogens with one attached hydrogen (secondary N) is 3. The van der Waals surface area contributed by atoms with E-state index in [4.69, 9.17) is 21.7 Å². The highest BCUT2D eigenvalue weighted by Gasteiger charge is 2.28. The molecule has 13 heteroatoms. The summed E-state index contributed by atoms with van der Waals surface area (Å²) in [6, 6.07) is 2.33. The highest BCUT2D eigenvalue weighted by atomic mass is 16.4. The number of amides is 3. The molecule has 0 radical (unpaired) electrons. The number of carboxylic acid groups (broad SMARTS) is 2. The van der Waals surface area contributed by atoms with Crippen molar-refractivity contribution in [1.82, 2.24) is 16.0 Å². The minimum atomic E-state index is -1.67. The second-order valence-corrected chi connectivity index (χ2v) is 7.60. The van der Waals surface area contributed by atoms with E-state index < -0.39 is 60.8 Å². The maximum absolute atomic E-state index is 12.5. The highest BCUT2D eigenvalue weighted by molar-refractivity contribution is 5.93. The monoisotopic (exact) mass is 481 g/mol. The van der Waals surface area contributed by atoms with Gasteiger partial charge in [-0.1, -0.05) is 12.1 Å². The van der Waals surface area contributed by atoms with Crippen molar-refractivity contribution in [3.63, 3.8) is 0 Å². The lowest BCUT2D eigenvalue weighted by molar-refractivity contribution is -0.147. The van der Waals surface area contributed by atoms with Crippen LogP contribution in [0.1, 0.15) is 31.2 Å². The van der Waals surface area contributed by atoms with Gasteiger partial charge in [-0.2, -0.15) is 0 Å². The van der Waals surface area contributed by atoms with Crippen molar-refractivity contribution < 1.29 is 39.3 Å². The van der Waals surface area contributed by atoms with Crippen LogP contribution in [0.4, 0.5) is 0 Å². The maximum Gasteiger partial charge on any atom is 0.326 e. The SMILES string of the molecule is NCCCCC(NC(=O)CNC(=O)C(N)Cc1ccc(O)cc1)C(=O)NC(CC(=O)O)C(=O)O. The van der Waals surface area contributed by atoms with E-state index >= 15 is 0 Å². The van der Waals surface area contributed by atoms with E-state index in [-0.39, 0.29) is 18.6 Å². The Bertz CT molecular complexity index is 861. The van der Waals surface area contributed by atoms with Crippen LogP contribution < -0.4 is 27.4 Å². The van der Waals surface area contributed by atoms with Gasteiger partial charge in [0.1, 0.15) is 17.8 Å². The molecule has 0 saturated carbocycles. The zero-order valence-corrected chi connectivity index (χ0v) is 18.5. The van der Waals surface area contributed by atoms with Gasteiger partial charge < -0.3 is 42.7 Å². The largest absolute Gasteiger partial charge is 0.508 e. The van der Waals surface area contributed by atoms with Crippen molar-refractivity contribution in [3.8, 4) is 5.75 Å². The number of rotatable bonds is 15. The summed E-state index contributed by atoms with van der Waals surface area (Å²) in [4.78, 5) is 59.0. The normalized spacial score (nSPS) is 13.2. The third-order valence-electron chi connectivity index (χ3n) is 4.74. The highest BCUT2D eigenvalue weighted by Crippen LogP contribution is 2.11. The van der Waals surface area contributed by atoms with E-state index in [2.05, 4.69) is 16.0 Å². The zero-order valence-electron chi connectivity index (χ0n) is 18.5. The number of hydrogen-bond acceptors (Lipinski definition) is 8. The summed E-state index contributed by atoms with van der Waals surface area (Å²) in [5.41, 5.74) is 12.0. The molecule has 1 rings (SSSR count). The summed E-state index contributed by atoms with van der Waals surface area (Å²) in [5.74, 6) is -5.07. The van der Waals surface area contributed by atoms with E-state index in [9.17, 15) is 29.1 Å². The number of phenolic OH excluding ortho intramolecular Hbond substituents is 1. The number of hydrogen-bond donors (Lipinski definition) is 8. The Morgan fingerprint density at radius 2 is 1.56 bits per heavy atom. The van der Waals surface area contributed by atoms with Gasteiger partial charge in [-0.15, -0.1) is 0 Å². The average molecular weight is 482 g/mol. The fourth-order valence-corrected chi connectivity index (χ4v) is 2.93. The lowest BCUT2D eigenvalue weighted by atomic mass is 10.1. The molecular formula is C21H31N5O8. The summed E-state index contributed by atoms with van der Waals surface area (Å²) < 4.78 is 0. The molecular weight excluding hydrogens is 450 g/mol. The van der Waals surface area contributed by atoms with Crippen molar-refractivity contribution in [1.29, 1.82) is 0 Å². The molecule has 0 heterocycles. The zero-order chi connectivity index (χ0) is 25.7. The minimum Gasteiger partial charge on any atom is -0.508 e. The van der Waals surface area contributed by atoms with E-state index in [0.29, 0.717) is 24.9 Å². The van der Waals surface area contributed by atoms with Crippen LogP contribution in [0.3, 0.4) is 0 Å². The van der Waals surface area contributed by atoms with Gasteiger partial charge in [0, 0.05) is 0 Å². The number of carbonyl (C=O) groups is 5. The van der Waals surface area contributed by atoms with Gasteiger partial charge in [0.15, 0.2) is 0 Å². The van der Waals surface area contributed by atoms with Crippen molar-refractivity contribution in [2.45, 2.75) is 50.2 Å². The number of nitrogens with two attached hydrogens (primary N) is 2. The third kappa shape index (κ3) is 10.7. The molecule has 0 spiro atoms. The molecule has 0 fully saturated rings. The summed E-state index contributed by atoms with van der Waals surface area (Å²) in [5, 5.41) is 34.1. The van der Waals surface area contributed by atoms with Crippen LogP contribution in [-0.2, 0) is 30.4 Å². The van der Waals surface area contributed by atoms with Gasteiger partial charge in [0.25, 0.3) is 0 Å². The quantitative estimate of drug-likeness (QED) is 0.129. The Labute approximate surface area is 195 Å². The van der Waals surface area contributed by atoms with Crippen LogP contribution in [0.2, 0.25) is 0 Å². The van der Waals surface area contributed by atoms with Crippen LogP contribution in [0.15, 0.2) is 24.3 Å². The van der Waals surface area contributed by atoms with E-state index in [1.165, 1.54) is 12.1 Å². The third-order valence-corrected chi connectivity index (χ3v) is 4.74. The number of phenols is 1. The van der Waals surface area contributed by atoms with Crippen molar-refractivity contribution in [2.75, 3.05) is 13.1 Å². The van der Waals surface area contributed by atoms with Gasteiger partial charge in [-0.25, -0.2) is 4.79 Å². The molecule has 3 unspecified atom stereocenters. The Hall–Kier alpha value is -3.71. The number of benzene rings is 1. The Kier molecular flexibility index (Phi) is 12.0. The first-order valence-corrected chi connectivity index (χ1v) is 10.6. The molecule has 13 nitrogen and oxygen atoms in total. The summed E-state index contributed by atoms with van der Waals surface area (Å²) in [7, 11) is 0. The first kappa shape index (κ1) is 28.3. The summed E-state index contributed by atoms with van der Waals surface area (Å²) >= 11 is 0. The fraction of sp³-hybridized carbons (Fsp3) is 0.476. The molecule has 188 valence electrons. The van der Waals surface area contributed by atoms with Gasteiger partial charge in [0.05, 0.1) is 19.0 Å². The van der Waals surface area contributed by atoms with E-state index in [1.807, 2.05) is 0 Å². The topological polar surface area (TPSA) is 234 Å². The second-order valence-electron chi connectivity index (χ2n) is 7.60. The van der Waals surface area contributed by atoms with Crippen molar-refractivity contribution in [2.24, 2.45) is 11.5 Å². The van der Waals surface area contributed by atoms with Crippen LogP contribution in [-0.4, -0.2) is 76.2 Å². The molecule has 1 aromatic carbocycles. The molecule has 3 atom stereocenters. The van der Waals surface area contributed by atoms with Gasteiger partial charge in [-0.3, -0.25) is 19.2 Å². The molecule has 0 bridgehead atoms. The summed E-state index contributed by atoms with van der Waals surface area (Å²) in [6.45, 7) is -0.145. The van der Waals surface area contributed by atoms with Crippen LogP contribution in [0.25, 0.3) is 0 Å². The van der Waals surface area contributed by atoms with E-state index in [0.717, 1.165) is 0 Å². The number of aliphatic carboxylic acids is 2. The first-order valence-electron chi connectivity index (χ1n) is 10.6. The molecule has 0 aliphatic heterocycles. The van der Waals surface area contributed by atoms with Gasteiger partial charge in [0.2, 0.25) is 17.7 Å². The average Bonchev–Trinajstić information content (AvgIpc) is 2.77. The lowest BCUT2D eigenvalue weighted by Crippen LogP contribution is -2.54. The first-order chi connectivity index (χ1) is 16.0. The van der Waals surface area contributed by atoms with Crippen molar-refractivity contribution >= 4 is 29.7 Å². The van der Waals surface area contributed by atoms with Gasteiger partial charge in [-0.05, 0) is 49.9 Å². The van der Waals surface area contributed by atoms with Crippen LogP contribution in [0.5, 0.6) is 5.75 Å². The Morgan fingerprint density at radius 1 is 0.912 bits per heavy atom. The number of carboxylic acids is 2. The predicted octanol–water partition coefficient (Wildman–Crippen LogP) is -1.96. The van der Waals surface area contributed by atoms with E-state index in [1.54, 1.807) is 12.1 Å². The summed E-state index contributed by atoms with van der Waals surface area (Å²) in [6.07, 6.45) is 0.440. The second kappa shape index (κ2) is 14.4. The Balaban J connectivity index is 2.66. The molecule has 0 aliphatic rings. The standard InChI is InChI=1S/C21H31N5O8/c22-8-2-1-3-15(20(32)26-16(21(33)34)10-18(29)30)25-17(28)11-24-19(31)14(23)9-12-4-6-13(27)7-5-12/h4-7,14-16,27H,1-3,8-11,22-23H2,(H,24,31)(H,25,28)(H,26,32)(H,29,30)(H,33,34). The van der Waals surface area contributed by atoms with Crippen LogP contribution in [0, 0.1) is 0 Å². The molecule has 0 aliphatic carbocycles. The molecule has 0 aromatic heterocycles. The maximum atomic E-state index is 12.5. The number of aromatic hydroxyl groups is 1. The Morgan fingerprint density at radius 3 is 2.12 bits per heavy atom. The molecule has 0 saturated heterocycles. The smallest absolute Gasteiger partial charge is 0.326 e. The van der Waals surface area contributed by atoms with Gasteiger partial charge >= 0.3 is 11.9 Å². The molecule has 10 N–H and O–H groups in total. The van der Waals surface area contributed by atoms with Crippen LogP contribution >= 0.6 is 0 Å². The fourth-order valence-electron chi connectivity index (χ4n) is 2.93. The minimum absolute atomic E-state index is 0.0705. The molecule has 34 heavy (non-hydrogen) atoms. The molecule has 3 amide bonds. The van der Waals surface area contributed by atoms with Crippen molar-refractivity contribution in [3.05, 3.63) is 29.8 Å². The lowest BCUT2D eigenvalue weighted by Gasteiger charge is -2.21. The number of carbonyl (C=O) groups excluding carboxylic acids is 3. The number of unbranched alkanes of at least 4 members (excludes halogenated alkanes) is 1. The molecule has 1 aromatic rings.